The second-order valence-corrected chi connectivity index (χ2v) is 5.48. The lowest BCUT2D eigenvalue weighted by Gasteiger charge is -2.15. The number of nitrogens with one attached hydrogen (secondary N) is 1. The first-order chi connectivity index (χ1) is 6.81. The number of hydrogen-bond acceptors (Lipinski definition) is 4. The molecule has 2 heterocycles. The fourth-order valence-corrected chi connectivity index (χ4v) is 2.92. The van der Waals surface area contributed by atoms with Gasteiger partial charge in [0, 0.05) is 11.3 Å². The summed E-state index contributed by atoms with van der Waals surface area (Å²) in [6, 6.07) is 4.05. The van der Waals surface area contributed by atoms with Crippen molar-refractivity contribution < 1.29 is 4.74 Å². The van der Waals surface area contributed by atoms with Crippen molar-refractivity contribution in [2.75, 3.05) is 6.61 Å². The van der Waals surface area contributed by atoms with Crippen LogP contribution >= 0.6 is 27.3 Å². The van der Waals surface area contributed by atoms with Gasteiger partial charge in [0.25, 0.3) is 0 Å². The normalized spacial score (nSPS) is 17.7. The summed E-state index contributed by atoms with van der Waals surface area (Å²) in [5, 5.41) is 0. The summed E-state index contributed by atoms with van der Waals surface area (Å²) in [6.45, 7) is 0.764. The lowest BCUT2D eigenvalue weighted by Crippen LogP contribution is -2.29. The number of rotatable bonds is 3. The highest BCUT2D eigenvalue weighted by Crippen LogP contribution is 2.32. The van der Waals surface area contributed by atoms with Crippen molar-refractivity contribution in [2.45, 2.75) is 12.5 Å². The van der Waals surface area contributed by atoms with Gasteiger partial charge in [-0.25, -0.2) is 5.43 Å². The first kappa shape index (κ1) is 10.2. The topological polar surface area (TPSA) is 47.3 Å². The van der Waals surface area contributed by atoms with Gasteiger partial charge in [-0.15, -0.1) is 11.3 Å². The van der Waals surface area contributed by atoms with Gasteiger partial charge in [0.1, 0.15) is 11.8 Å². The van der Waals surface area contributed by atoms with Crippen molar-refractivity contribution >= 4 is 27.3 Å². The number of hydrogen-bond donors (Lipinski definition) is 2. The Kier molecular flexibility index (Phi) is 3.22. The molecule has 3 nitrogen and oxygen atoms in total. The van der Waals surface area contributed by atoms with E-state index >= 15 is 0 Å². The fraction of sp³-hybridized carbons (Fsp3) is 0.333. The Hall–Kier alpha value is -0.360. The fourth-order valence-electron chi connectivity index (χ4n) is 1.43. The molecule has 0 amide bonds. The van der Waals surface area contributed by atoms with Gasteiger partial charge in [-0.1, -0.05) is 0 Å². The van der Waals surface area contributed by atoms with Crippen LogP contribution < -0.4 is 11.3 Å². The summed E-state index contributed by atoms with van der Waals surface area (Å²) in [6.07, 6.45) is 3.05. The van der Waals surface area contributed by atoms with Crippen LogP contribution in [0.25, 0.3) is 0 Å². The summed E-state index contributed by atoms with van der Waals surface area (Å²) in [5.74, 6) is 6.45. The molecular weight excluding hydrogens is 264 g/mol. The largest absolute Gasteiger partial charge is 0.496 e. The van der Waals surface area contributed by atoms with Crippen molar-refractivity contribution in [3.05, 3.63) is 32.6 Å². The standard InChI is InChI=1S/C9H11BrN2OS/c10-8-4-3-7(14-8)9(12-11)6-2-1-5-13-6/h2-4,9,12H,1,5,11H2. The monoisotopic (exact) mass is 274 g/mol. The minimum atomic E-state index is -0.00574. The highest BCUT2D eigenvalue weighted by molar-refractivity contribution is 9.11. The molecule has 0 saturated carbocycles. The average molecular weight is 275 g/mol. The quantitative estimate of drug-likeness (QED) is 0.657. The first-order valence-corrected chi connectivity index (χ1v) is 5.96. The van der Waals surface area contributed by atoms with Gasteiger partial charge >= 0.3 is 0 Å². The van der Waals surface area contributed by atoms with E-state index in [1.807, 2.05) is 12.1 Å². The molecule has 1 atom stereocenters. The molecule has 1 unspecified atom stereocenters. The molecule has 0 radical (unpaired) electrons. The van der Waals surface area contributed by atoms with Gasteiger partial charge in [-0.3, -0.25) is 5.84 Å². The molecule has 1 aliphatic rings. The first-order valence-electron chi connectivity index (χ1n) is 4.35. The number of thiophene rings is 1. The average Bonchev–Trinajstić information content (AvgIpc) is 2.79. The molecular formula is C9H11BrN2OS. The molecule has 5 heteroatoms. The minimum Gasteiger partial charge on any atom is -0.496 e. The molecule has 3 N–H and O–H groups in total. The Bertz CT molecular complexity index is 350. The van der Waals surface area contributed by atoms with Gasteiger partial charge in [-0.05, 0) is 34.1 Å². The molecule has 0 aromatic carbocycles. The Morgan fingerprint density at radius 3 is 2.93 bits per heavy atom. The van der Waals surface area contributed by atoms with Gasteiger partial charge in [0.2, 0.25) is 0 Å². The van der Waals surface area contributed by atoms with Crippen LogP contribution in [0.2, 0.25) is 0 Å². The van der Waals surface area contributed by atoms with Gasteiger partial charge < -0.3 is 4.74 Å². The van der Waals surface area contributed by atoms with Crippen molar-refractivity contribution in [1.82, 2.24) is 5.43 Å². The summed E-state index contributed by atoms with van der Waals surface area (Å²) in [4.78, 5) is 1.16. The maximum Gasteiger partial charge on any atom is 0.116 e. The predicted octanol–water partition coefficient (Wildman–Crippen LogP) is 2.32. The summed E-state index contributed by atoms with van der Waals surface area (Å²) in [5.41, 5.74) is 2.77. The third kappa shape index (κ3) is 2.00. The zero-order chi connectivity index (χ0) is 9.97. The molecule has 0 bridgehead atoms. The zero-order valence-electron chi connectivity index (χ0n) is 7.50. The van der Waals surface area contributed by atoms with Crippen molar-refractivity contribution in [2.24, 2.45) is 5.84 Å². The van der Waals surface area contributed by atoms with Crippen LogP contribution in [0.5, 0.6) is 0 Å². The van der Waals surface area contributed by atoms with Crippen molar-refractivity contribution in [3.63, 3.8) is 0 Å². The van der Waals surface area contributed by atoms with E-state index in [-0.39, 0.29) is 6.04 Å². The SMILES string of the molecule is NNC(C1=CCCO1)c1ccc(Br)s1. The molecule has 0 aliphatic carbocycles. The van der Waals surface area contributed by atoms with Crippen LogP contribution in [0, 0.1) is 0 Å². The summed E-state index contributed by atoms with van der Waals surface area (Å²) < 4.78 is 6.58. The number of hydrazine groups is 1. The predicted molar refractivity (Wildman–Crippen MR) is 60.7 cm³/mol. The van der Waals surface area contributed by atoms with Crippen LogP contribution in [0.15, 0.2) is 27.8 Å². The molecule has 0 fully saturated rings. The molecule has 76 valence electrons. The van der Waals surface area contributed by atoms with Crippen molar-refractivity contribution in [3.8, 4) is 0 Å². The van der Waals surface area contributed by atoms with E-state index in [1.54, 1.807) is 11.3 Å². The molecule has 14 heavy (non-hydrogen) atoms. The summed E-state index contributed by atoms with van der Waals surface area (Å²) >= 11 is 5.09. The number of ether oxygens (including phenoxy) is 1. The van der Waals surface area contributed by atoms with Crippen LogP contribution in [-0.4, -0.2) is 6.61 Å². The Balaban J connectivity index is 2.20. The molecule has 1 aromatic rings. The molecule has 0 spiro atoms. The van der Waals surface area contributed by atoms with E-state index in [4.69, 9.17) is 10.6 Å². The molecule has 1 aliphatic heterocycles. The Labute approximate surface area is 95.0 Å². The second-order valence-electron chi connectivity index (χ2n) is 2.99. The van der Waals surface area contributed by atoms with E-state index in [9.17, 15) is 0 Å². The van der Waals surface area contributed by atoms with Gasteiger partial charge in [0.05, 0.1) is 10.4 Å². The number of nitrogens with two attached hydrogens (primary N) is 1. The molecule has 0 saturated heterocycles. The van der Waals surface area contributed by atoms with E-state index in [2.05, 4.69) is 27.4 Å². The minimum absolute atomic E-state index is 0.00574. The maximum absolute atomic E-state index is 5.51. The van der Waals surface area contributed by atoms with Crippen LogP contribution in [0.4, 0.5) is 0 Å². The maximum atomic E-state index is 5.51. The lowest BCUT2D eigenvalue weighted by atomic mass is 10.2. The van der Waals surface area contributed by atoms with E-state index in [1.165, 1.54) is 0 Å². The highest BCUT2D eigenvalue weighted by Gasteiger charge is 2.20. The Morgan fingerprint density at radius 1 is 1.57 bits per heavy atom. The third-order valence-corrected chi connectivity index (χ3v) is 3.75. The van der Waals surface area contributed by atoms with Crippen LogP contribution in [0.3, 0.4) is 0 Å². The third-order valence-electron chi connectivity index (χ3n) is 2.06. The van der Waals surface area contributed by atoms with Crippen LogP contribution in [-0.2, 0) is 4.74 Å². The smallest absolute Gasteiger partial charge is 0.116 e. The molecule has 1 aromatic heterocycles. The lowest BCUT2D eigenvalue weighted by molar-refractivity contribution is 0.216. The van der Waals surface area contributed by atoms with E-state index < -0.39 is 0 Å². The highest BCUT2D eigenvalue weighted by atomic mass is 79.9. The Morgan fingerprint density at radius 2 is 2.43 bits per heavy atom. The van der Waals surface area contributed by atoms with Crippen molar-refractivity contribution in [1.29, 1.82) is 0 Å². The van der Waals surface area contributed by atoms with E-state index in [0.29, 0.717) is 0 Å². The van der Waals surface area contributed by atoms with Gasteiger partial charge in [-0.2, -0.15) is 0 Å². The zero-order valence-corrected chi connectivity index (χ0v) is 9.90. The van der Waals surface area contributed by atoms with Crippen LogP contribution in [0.1, 0.15) is 17.3 Å². The van der Waals surface area contributed by atoms with E-state index in [0.717, 1.165) is 27.5 Å². The number of halogens is 1. The van der Waals surface area contributed by atoms with Gasteiger partial charge in [0.15, 0.2) is 0 Å². The summed E-state index contributed by atoms with van der Waals surface area (Å²) in [7, 11) is 0. The molecule has 2 rings (SSSR count). The second kappa shape index (κ2) is 4.44.